The third kappa shape index (κ3) is 4.28. The predicted molar refractivity (Wildman–Crippen MR) is 87.7 cm³/mol. The molecule has 0 radical (unpaired) electrons. The summed E-state index contributed by atoms with van der Waals surface area (Å²) in [6, 6.07) is 14.2. The van der Waals surface area contributed by atoms with Crippen molar-refractivity contribution in [1.29, 1.82) is 0 Å². The van der Waals surface area contributed by atoms with Crippen LogP contribution in [0.3, 0.4) is 0 Å². The van der Waals surface area contributed by atoms with Crippen LogP contribution in [0.5, 0.6) is 0 Å². The highest BCUT2D eigenvalue weighted by Crippen LogP contribution is 2.27. The Kier molecular flexibility index (Phi) is 4.99. The fraction of sp³-hybridized carbons (Fsp3) is 0.133. The standard InChI is InChI=1S/C15H17N3O4S/c1-22-18(16)15(19)13-9-8-12(11-6-4-3-5-7-11)10-14(13)17-23(2,20)21/h3-10,17H,16H2,1-2H3. The summed E-state index contributed by atoms with van der Waals surface area (Å²) in [4.78, 5) is 16.8. The maximum Gasteiger partial charge on any atom is 0.294 e. The Morgan fingerprint density at radius 3 is 2.35 bits per heavy atom. The minimum absolute atomic E-state index is 0.0828. The molecule has 0 atom stereocenters. The van der Waals surface area contributed by atoms with Crippen LogP contribution >= 0.6 is 0 Å². The van der Waals surface area contributed by atoms with E-state index in [4.69, 9.17) is 5.84 Å². The van der Waals surface area contributed by atoms with Gasteiger partial charge in [0.1, 0.15) is 0 Å². The second kappa shape index (κ2) is 6.78. The summed E-state index contributed by atoms with van der Waals surface area (Å²) in [6.07, 6.45) is 1.01. The third-order valence-electron chi connectivity index (χ3n) is 3.05. The van der Waals surface area contributed by atoms with E-state index in [1.165, 1.54) is 13.2 Å². The van der Waals surface area contributed by atoms with Gasteiger partial charge in [-0.1, -0.05) is 36.4 Å². The van der Waals surface area contributed by atoms with E-state index < -0.39 is 15.9 Å². The molecule has 0 saturated carbocycles. The van der Waals surface area contributed by atoms with Gasteiger partial charge < -0.3 is 0 Å². The lowest BCUT2D eigenvalue weighted by atomic mass is 10.0. The molecule has 0 aliphatic carbocycles. The number of nitrogens with zero attached hydrogens (tertiary/aromatic N) is 1. The van der Waals surface area contributed by atoms with Gasteiger partial charge in [-0.3, -0.25) is 14.4 Å². The highest BCUT2D eigenvalue weighted by atomic mass is 32.2. The third-order valence-corrected chi connectivity index (χ3v) is 3.64. The Morgan fingerprint density at radius 2 is 1.78 bits per heavy atom. The van der Waals surface area contributed by atoms with E-state index in [0.717, 1.165) is 17.4 Å². The number of carbonyl (C=O) groups is 1. The van der Waals surface area contributed by atoms with Gasteiger partial charge in [-0.15, -0.1) is 5.17 Å². The molecule has 1 amide bonds. The molecule has 0 fully saturated rings. The monoisotopic (exact) mass is 335 g/mol. The smallest absolute Gasteiger partial charge is 0.283 e. The van der Waals surface area contributed by atoms with E-state index in [1.807, 2.05) is 30.3 Å². The van der Waals surface area contributed by atoms with Crippen LogP contribution in [0.2, 0.25) is 0 Å². The average Bonchev–Trinajstić information content (AvgIpc) is 2.52. The Hall–Kier alpha value is -2.42. The summed E-state index contributed by atoms with van der Waals surface area (Å²) >= 11 is 0. The van der Waals surface area contributed by atoms with Crippen LogP contribution in [-0.2, 0) is 14.9 Å². The Labute approximate surface area is 134 Å². The first kappa shape index (κ1) is 16.9. The van der Waals surface area contributed by atoms with Crippen LogP contribution < -0.4 is 10.6 Å². The van der Waals surface area contributed by atoms with Crippen molar-refractivity contribution in [2.24, 2.45) is 5.84 Å². The number of hydroxylamine groups is 1. The van der Waals surface area contributed by atoms with Crippen molar-refractivity contribution >= 4 is 21.6 Å². The number of amides is 1. The molecular formula is C15H17N3O4S. The molecule has 0 unspecified atom stereocenters. The molecule has 0 aliphatic heterocycles. The zero-order valence-corrected chi connectivity index (χ0v) is 13.5. The summed E-state index contributed by atoms with van der Waals surface area (Å²) in [5.41, 5.74) is 1.86. The molecule has 3 N–H and O–H groups in total. The van der Waals surface area contributed by atoms with Gasteiger partial charge in [0.2, 0.25) is 10.0 Å². The molecule has 2 aromatic carbocycles. The fourth-order valence-corrected chi connectivity index (χ4v) is 2.60. The molecule has 23 heavy (non-hydrogen) atoms. The van der Waals surface area contributed by atoms with Crippen LogP contribution in [0, 0.1) is 0 Å². The van der Waals surface area contributed by atoms with Crippen molar-refractivity contribution in [2.45, 2.75) is 0 Å². The molecule has 0 heterocycles. The van der Waals surface area contributed by atoms with Crippen molar-refractivity contribution < 1.29 is 18.0 Å². The van der Waals surface area contributed by atoms with Crippen LogP contribution in [0.15, 0.2) is 48.5 Å². The number of benzene rings is 2. The molecule has 2 rings (SSSR count). The van der Waals surface area contributed by atoms with Crippen molar-refractivity contribution in [3.63, 3.8) is 0 Å². The maximum absolute atomic E-state index is 12.2. The lowest BCUT2D eigenvalue weighted by Gasteiger charge is -2.17. The summed E-state index contributed by atoms with van der Waals surface area (Å²) in [5.74, 6) is 4.75. The normalized spacial score (nSPS) is 11.1. The Bertz CT molecular complexity index is 807. The highest BCUT2D eigenvalue weighted by molar-refractivity contribution is 7.92. The summed E-state index contributed by atoms with van der Waals surface area (Å²) in [5, 5.41) is 0.533. The van der Waals surface area contributed by atoms with Gasteiger partial charge in [0.15, 0.2) is 0 Å². The van der Waals surface area contributed by atoms with E-state index in [-0.39, 0.29) is 11.3 Å². The summed E-state index contributed by atoms with van der Waals surface area (Å²) < 4.78 is 25.5. The van der Waals surface area contributed by atoms with Gasteiger partial charge >= 0.3 is 0 Å². The average molecular weight is 335 g/mol. The number of anilines is 1. The lowest BCUT2D eigenvalue weighted by Crippen LogP contribution is -2.36. The molecule has 2 aromatic rings. The van der Waals surface area contributed by atoms with Gasteiger partial charge in [0.25, 0.3) is 5.91 Å². The van der Waals surface area contributed by atoms with Gasteiger partial charge in [-0.2, -0.15) is 0 Å². The maximum atomic E-state index is 12.2. The molecule has 0 aliphatic rings. The van der Waals surface area contributed by atoms with Crippen LogP contribution in [-0.4, -0.2) is 32.9 Å². The largest absolute Gasteiger partial charge is 0.294 e. The number of sulfonamides is 1. The summed E-state index contributed by atoms with van der Waals surface area (Å²) in [7, 11) is -2.33. The number of carbonyl (C=O) groups excluding carboxylic acids is 1. The van der Waals surface area contributed by atoms with Gasteiger partial charge in [0.05, 0.1) is 24.6 Å². The van der Waals surface area contributed by atoms with E-state index in [2.05, 4.69) is 9.56 Å². The molecule has 0 aromatic heterocycles. The number of hydrazine groups is 1. The molecule has 8 heteroatoms. The topological polar surface area (TPSA) is 102 Å². The highest BCUT2D eigenvalue weighted by Gasteiger charge is 2.19. The second-order valence-electron chi connectivity index (χ2n) is 4.81. The first-order valence-corrected chi connectivity index (χ1v) is 8.51. The molecule has 122 valence electrons. The fourth-order valence-electron chi connectivity index (χ4n) is 2.03. The van der Waals surface area contributed by atoms with Crippen molar-refractivity contribution in [3.05, 3.63) is 54.1 Å². The number of nitrogens with two attached hydrogens (primary N) is 1. The first-order chi connectivity index (χ1) is 10.8. The first-order valence-electron chi connectivity index (χ1n) is 6.62. The molecular weight excluding hydrogens is 318 g/mol. The Balaban J connectivity index is 2.53. The predicted octanol–water partition coefficient (Wildman–Crippen LogP) is 1.60. The van der Waals surface area contributed by atoms with Crippen LogP contribution in [0.1, 0.15) is 10.4 Å². The Morgan fingerprint density at radius 1 is 1.13 bits per heavy atom. The molecule has 0 saturated heterocycles. The van der Waals surface area contributed by atoms with E-state index >= 15 is 0 Å². The number of nitrogens with one attached hydrogen (secondary N) is 1. The van der Waals surface area contributed by atoms with Crippen LogP contribution in [0.25, 0.3) is 11.1 Å². The van der Waals surface area contributed by atoms with Gasteiger partial charge in [-0.25, -0.2) is 14.3 Å². The van der Waals surface area contributed by atoms with Crippen LogP contribution in [0.4, 0.5) is 5.69 Å². The minimum atomic E-state index is -3.57. The van der Waals surface area contributed by atoms with Crippen molar-refractivity contribution in [1.82, 2.24) is 5.17 Å². The quantitative estimate of drug-likeness (QED) is 0.491. The van der Waals surface area contributed by atoms with Crippen molar-refractivity contribution in [2.75, 3.05) is 18.1 Å². The number of hydrogen-bond donors (Lipinski definition) is 2. The molecule has 0 spiro atoms. The molecule has 0 bridgehead atoms. The number of rotatable bonds is 5. The van der Waals surface area contributed by atoms with Gasteiger partial charge in [-0.05, 0) is 23.3 Å². The number of hydrogen-bond acceptors (Lipinski definition) is 5. The van der Waals surface area contributed by atoms with E-state index in [1.54, 1.807) is 12.1 Å². The zero-order valence-electron chi connectivity index (χ0n) is 12.7. The van der Waals surface area contributed by atoms with E-state index in [0.29, 0.717) is 5.17 Å². The van der Waals surface area contributed by atoms with E-state index in [9.17, 15) is 13.2 Å². The zero-order chi connectivity index (χ0) is 17.0. The summed E-state index contributed by atoms with van der Waals surface area (Å²) in [6.45, 7) is 0. The minimum Gasteiger partial charge on any atom is -0.283 e. The lowest BCUT2D eigenvalue weighted by molar-refractivity contribution is -0.0968. The van der Waals surface area contributed by atoms with Gasteiger partial charge in [0, 0.05) is 0 Å². The second-order valence-corrected chi connectivity index (χ2v) is 6.56. The van der Waals surface area contributed by atoms with Crippen molar-refractivity contribution in [3.8, 4) is 11.1 Å². The SMILES string of the molecule is CON(N)C(=O)c1ccc(-c2ccccc2)cc1NS(C)(=O)=O. The molecule has 7 nitrogen and oxygen atoms in total.